The Balaban J connectivity index is 2.37. The van der Waals surface area contributed by atoms with Gasteiger partial charge < -0.3 is 4.74 Å². The third kappa shape index (κ3) is 3.43. The zero-order valence-corrected chi connectivity index (χ0v) is 12.8. The van der Waals surface area contributed by atoms with Gasteiger partial charge in [0.05, 0.1) is 6.61 Å². The Morgan fingerprint density at radius 2 is 2.10 bits per heavy atom. The maximum atomic E-state index is 13.6. The normalized spacial score (nSPS) is 18.4. The van der Waals surface area contributed by atoms with Crippen molar-refractivity contribution in [1.82, 2.24) is 5.32 Å². The molecule has 1 aromatic carbocycles. The molecular formula is C17H24FNO2. The van der Waals surface area contributed by atoms with Gasteiger partial charge in [0.2, 0.25) is 0 Å². The molecule has 0 radical (unpaired) electrons. The van der Waals surface area contributed by atoms with Crippen molar-refractivity contribution in [2.45, 2.75) is 57.5 Å². The van der Waals surface area contributed by atoms with E-state index in [1.807, 2.05) is 6.92 Å². The second-order valence-electron chi connectivity index (χ2n) is 5.62. The molecule has 116 valence electrons. The van der Waals surface area contributed by atoms with Crippen LogP contribution in [0.15, 0.2) is 24.3 Å². The molecular weight excluding hydrogens is 269 g/mol. The fourth-order valence-corrected chi connectivity index (χ4v) is 3.14. The highest BCUT2D eigenvalue weighted by molar-refractivity contribution is 5.82. The van der Waals surface area contributed by atoms with E-state index in [0.717, 1.165) is 12.8 Å². The molecule has 1 aliphatic rings. The molecule has 0 aliphatic heterocycles. The van der Waals surface area contributed by atoms with Gasteiger partial charge in [-0.25, -0.2) is 9.18 Å². The Hall–Kier alpha value is -1.42. The molecule has 3 nitrogen and oxygen atoms in total. The topological polar surface area (TPSA) is 38.3 Å². The average molecular weight is 293 g/mol. The third-order valence-electron chi connectivity index (χ3n) is 4.28. The van der Waals surface area contributed by atoms with E-state index in [4.69, 9.17) is 4.74 Å². The number of hydrogen-bond donors (Lipinski definition) is 1. The lowest BCUT2D eigenvalue weighted by atomic mass is 9.86. The van der Waals surface area contributed by atoms with Gasteiger partial charge in [0.15, 0.2) is 0 Å². The lowest BCUT2D eigenvalue weighted by Gasteiger charge is -2.35. The minimum atomic E-state index is -0.951. The minimum Gasteiger partial charge on any atom is -0.464 e. The summed E-state index contributed by atoms with van der Waals surface area (Å²) in [6.07, 6.45) is 4.98. The van der Waals surface area contributed by atoms with Crippen LogP contribution in [0.5, 0.6) is 0 Å². The Morgan fingerprint density at radius 1 is 1.38 bits per heavy atom. The van der Waals surface area contributed by atoms with E-state index in [9.17, 15) is 9.18 Å². The molecule has 1 fully saturated rings. The molecule has 1 unspecified atom stereocenters. The van der Waals surface area contributed by atoms with Crippen molar-refractivity contribution in [2.24, 2.45) is 0 Å². The van der Waals surface area contributed by atoms with E-state index in [1.54, 1.807) is 19.1 Å². The summed E-state index contributed by atoms with van der Waals surface area (Å²) in [5.74, 6) is -0.646. The highest BCUT2D eigenvalue weighted by atomic mass is 19.1. The van der Waals surface area contributed by atoms with Crippen LogP contribution in [0.1, 0.15) is 51.5 Å². The van der Waals surface area contributed by atoms with E-state index in [-0.39, 0.29) is 17.8 Å². The van der Waals surface area contributed by atoms with Crippen molar-refractivity contribution in [3.8, 4) is 0 Å². The van der Waals surface area contributed by atoms with Crippen LogP contribution in [0.2, 0.25) is 0 Å². The van der Waals surface area contributed by atoms with Gasteiger partial charge in [-0.15, -0.1) is 0 Å². The summed E-state index contributed by atoms with van der Waals surface area (Å²) < 4.78 is 18.9. The lowest BCUT2D eigenvalue weighted by molar-refractivity contribution is -0.152. The van der Waals surface area contributed by atoms with Crippen LogP contribution >= 0.6 is 0 Å². The van der Waals surface area contributed by atoms with Gasteiger partial charge in [-0.2, -0.15) is 0 Å². The van der Waals surface area contributed by atoms with Gasteiger partial charge in [-0.1, -0.05) is 31.9 Å². The van der Waals surface area contributed by atoms with Gasteiger partial charge in [-0.3, -0.25) is 5.32 Å². The first kappa shape index (κ1) is 16.0. The van der Waals surface area contributed by atoms with Crippen molar-refractivity contribution in [2.75, 3.05) is 6.61 Å². The second kappa shape index (κ2) is 7.03. The van der Waals surface area contributed by atoms with E-state index in [0.29, 0.717) is 18.6 Å². The lowest BCUT2D eigenvalue weighted by Crippen LogP contribution is -2.53. The first-order valence-electron chi connectivity index (χ1n) is 7.83. The molecule has 1 aliphatic carbocycles. The van der Waals surface area contributed by atoms with E-state index >= 15 is 0 Å². The molecule has 1 aromatic rings. The Morgan fingerprint density at radius 3 is 2.67 bits per heavy atom. The van der Waals surface area contributed by atoms with E-state index in [2.05, 4.69) is 5.32 Å². The second-order valence-corrected chi connectivity index (χ2v) is 5.62. The quantitative estimate of drug-likeness (QED) is 0.815. The number of esters is 1. The Kier molecular flexibility index (Phi) is 5.34. The van der Waals surface area contributed by atoms with Crippen LogP contribution in [0, 0.1) is 5.82 Å². The molecule has 1 atom stereocenters. The summed E-state index contributed by atoms with van der Waals surface area (Å²) in [6, 6.07) is 6.56. The zero-order valence-electron chi connectivity index (χ0n) is 12.8. The SMILES string of the molecule is CCOC(=O)C(CC)(NC1CCCC1)c1cccc(F)c1. The van der Waals surface area contributed by atoms with Gasteiger partial charge in [0.1, 0.15) is 11.4 Å². The predicted octanol–water partition coefficient (Wildman–Crippen LogP) is 3.53. The molecule has 4 heteroatoms. The molecule has 0 heterocycles. The number of hydrogen-bond acceptors (Lipinski definition) is 3. The van der Waals surface area contributed by atoms with E-state index < -0.39 is 5.54 Å². The first-order chi connectivity index (χ1) is 10.1. The number of benzene rings is 1. The molecule has 1 N–H and O–H groups in total. The molecule has 1 saturated carbocycles. The van der Waals surface area contributed by atoms with Crippen LogP contribution in [-0.4, -0.2) is 18.6 Å². The van der Waals surface area contributed by atoms with Crippen LogP contribution < -0.4 is 5.32 Å². The maximum Gasteiger partial charge on any atom is 0.330 e. The smallest absolute Gasteiger partial charge is 0.330 e. The third-order valence-corrected chi connectivity index (χ3v) is 4.28. The molecule has 0 spiro atoms. The van der Waals surface area contributed by atoms with Crippen molar-refractivity contribution in [1.29, 1.82) is 0 Å². The number of nitrogens with one attached hydrogen (secondary N) is 1. The Bertz CT molecular complexity index is 485. The molecule has 21 heavy (non-hydrogen) atoms. The highest BCUT2D eigenvalue weighted by Gasteiger charge is 2.42. The number of rotatable bonds is 6. The van der Waals surface area contributed by atoms with Crippen molar-refractivity contribution in [3.05, 3.63) is 35.6 Å². The molecule has 0 amide bonds. The van der Waals surface area contributed by atoms with Crippen molar-refractivity contribution in [3.63, 3.8) is 0 Å². The monoisotopic (exact) mass is 293 g/mol. The molecule has 0 bridgehead atoms. The summed E-state index contributed by atoms with van der Waals surface area (Å²) in [5.41, 5.74) is -0.303. The average Bonchev–Trinajstić information content (AvgIpc) is 2.98. The van der Waals surface area contributed by atoms with Gasteiger partial charge in [-0.05, 0) is 43.9 Å². The van der Waals surface area contributed by atoms with Crippen molar-refractivity contribution >= 4 is 5.97 Å². The number of carbonyl (C=O) groups is 1. The van der Waals surface area contributed by atoms with E-state index in [1.165, 1.54) is 25.0 Å². The Labute approximate surface area is 125 Å². The standard InChI is InChI=1S/C17H24FNO2/c1-3-17(16(20)21-4-2,19-15-10-5-6-11-15)13-8-7-9-14(18)12-13/h7-9,12,15,19H,3-6,10-11H2,1-2H3. The minimum absolute atomic E-state index is 0.289. The van der Waals surface area contributed by atoms with Crippen molar-refractivity contribution < 1.29 is 13.9 Å². The molecule has 0 saturated heterocycles. The maximum absolute atomic E-state index is 13.6. The number of ether oxygens (including phenoxy) is 1. The fourth-order valence-electron chi connectivity index (χ4n) is 3.14. The van der Waals surface area contributed by atoms with Gasteiger partial charge >= 0.3 is 5.97 Å². The summed E-state index contributed by atoms with van der Waals surface area (Å²) in [6.45, 7) is 4.05. The van der Waals surface area contributed by atoms with Crippen LogP contribution in [0.4, 0.5) is 4.39 Å². The largest absolute Gasteiger partial charge is 0.464 e. The number of carbonyl (C=O) groups excluding carboxylic acids is 1. The van der Waals surface area contributed by atoms with Gasteiger partial charge in [0.25, 0.3) is 0 Å². The molecule has 0 aromatic heterocycles. The zero-order chi connectivity index (χ0) is 15.3. The summed E-state index contributed by atoms with van der Waals surface area (Å²) in [5, 5.41) is 3.47. The summed E-state index contributed by atoms with van der Waals surface area (Å²) >= 11 is 0. The van der Waals surface area contributed by atoms with Crippen LogP contribution in [0.25, 0.3) is 0 Å². The predicted molar refractivity (Wildman–Crippen MR) is 80.4 cm³/mol. The first-order valence-corrected chi connectivity index (χ1v) is 7.83. The molecule has 2 rings (SSSR count). The highest BCUT2D eigenvalue weighted by Crippen LogP contribution is 2.31. The number of halogens is 1. The van der Waals surface area contributed by atoms with Crippen LogP contribution in [-0.2, 0) is 15.1 Å². The van der Waals surface area contributed by atoms with Crippen LogP contribution in [0.3, 0.4) is 0 Å². The fraction of sp³-hybridized carbons (Fsp3) is 0.588. The summed E-state index contributed by atoms with van der Waals surface area (Å²) in [7, 11) is 0. The summed E-state index contributed by atoms with van der Waals surface area (Å²) in [4.78, 5) is 12.6. The van der Waals surface area contributed by atoms with Gasteiger partial charge in [0, 0.05) is 6.04 Å².